The van der Waals surface area contributed by atoms with Crippen molar-refractivity contribution in [3.8, 4) is 0 Å². The van der Waals surface area contributed by atoms with Crippen LogP contribution in [0.2, 0.25) is 0 Å². The van der Waals surface area contributed by atoms with Crippen LogP contribution in [0.1, 0.15) is 64.1 Å². The van der Waals surface area contributed by atoms with E-state index in [0.717, 1.165) is 31.5 Å². The minimum atomic E-state index is -0.220. The van der Waals surface area contributed by atoms with Gasteiger partial charge in [-0.3, -0.25) is 13.9 Å². The molecule has 0 aromatic carbocycles. The number of aryl methyl sites for hydroxylation is 2. The summed E-state index contributed by atoms with van der Waals surface area (Å²) in [5, 5.41) is 0. The Morgan fingerprint density at radius 3 is 2.26 bits per heavy atom. The largest absolute Gasteiger partial charge is 0.332 e. The fourth-order valence-corrected chi connectivity index (χ4v) is 3.77. The zero-order chi connectivity index (χ0) is 16.6. The molecule has 0 atom stereocenters. The van der Waals surface area contributed by atoms with Crippen LogP contribution in [0.15, 0.2) is 9.59 Å². The molecule has 2 aromatic heterocycles. The number of nitrogens with zero attached hydrogens (tertiary/aromatic N) is 4. The number of aromatic nitrogens is 4. The molecule has 2 aromatic rings. The van der Waals surface area contributed by atoms with Crippen LogP contribution < -0.4 is 11.2 Å². The zero-order valence-electron chi connectivity index (χ0n) is 14.3. The average molecular weight is 318 g/mol. The van der Waals surface area contributed by atoms with Gasteiger partial charge in [-0.05, 0) is 25.7 Å². The van der Waals surface area contributed by atoms with E-state index in [0.29, 0.717) is 30.2 Å². The predicted octanol–water partition coefficient (Wildman–Crippen LogP) is 2.37. The summed E-state index contributed by atoms with van der Waals surface area (Å²) < 4.78 is 4.99. The molecule has 6 heteroatoms. The molecule has 0 unspecified atom stereocenters. The van der Waals surface area contributed by atoms with Crippen LogP contribution in [-0.4, -0.2) is 18.7 Å². The van der Waals surface area contributed by atoms with Gasteiger partial charge in [-0.15, -0.1) is 0 Å². The van der Waals surface area contributed by atoms with Gasteiger partial charge in [-0.25, -0.2) is 9.78 Å². The molecule has 2 heterocycles. The van der Waals surface area contributed by atoms with Gasteiger partial charge in [0.1, 0.15) is 5.82 Å². The first-order valence-electron chi connectivity index (χ1n) is 8.80. The molecule has 1 saturated carbocycles. The molecule has 1 fully saturated rings. The van der Waals surface area contributed by atoms with E-state index in [1.807, 2.05) is 25.5 Å². The third kappa shape index (κ3) is 2.54. The first kappa shape index (κ1) is 16.0. The highest BCUT2D eigenvalue weighted by atomic mass is 16.2. The maximum absolute atomic E-state index is 12.8. The second kappa shape index (κ2) is 6.34. The van der Waals surface area contributed by atoms with Crippen LogP contribution in [0.3, 0.4) is 0 Å². The van der Waals surface area contributed by atoms with Crippen molar-refractivity contribution in [2.45, 2.75) is 71.4 Å². The van der Waals surface area contributed by atoms with Gasteiger partial charge in [0, 0.05) is 26.1 Å². The van der Waals surface area contributed by atoms with Gasteiger partial charge in [-0.1, -0.05) is 26.7 Å². The smallest absolute Gasteiger partial charge is 0.325 e. The van der Waals surface area contributed by atoms with Crippen LogP contribution >= 0.6 is 0 Å². The van der Waals surface area contributed by atoms with Crippen LogP contribution in [0.4, 0.5) is 0 Å². The normalized spacial score (nSPS) is 15.8. The minimum Gasteiger partial charge on any atom is -0.325 e. The van der Waals surface area contributed by atoms with Crippen LogP contribution in [0.25, 0.3) is 11.2 Å². The Morgan fingerprint density at radius 2 is 1.65 bits per heavy atom. The molecule has 1 aliphatic carbocycles. The van der Waals surface area contributed by atoms with Gasteiger partial charge in [0.2, 0.25) is 0 Å². The minimum absolute atomic E-state index is 0.196. The van der Waals surface area contributed by atoms with Gasteiger partial charge in [0.15, 0.2) is 11.2 Å². The third-order valence-electron chi connectivity index (χ3n) is 4.89. The average Bonchev–Trinajstić information content (AvgIpc) is 3.16. The second-order valence-electron chi connectivity index (χ2n) is 6.57. The van der Waals surface area contributed by atoms with E-state index in [4.69, 9.17) is 4.98 Å². The summed E-state index contributed by atoms with van der Waals surface area (Å²) in [5.74, 6) is 1.38. The monoisotopic (exact) mass is 318 g/mol. The number of imidazole rings is 1. The fraction of sp³-hybridized carbons (Fsp3) is 0.706. The molecule has 0 spiro atoms. The first-order chi connectivity index (χ1) is 11.1. The first-order valence-corrected chi connectivity index (χ1v) is 8.80. The van der Waals surface area contributed by atoms with Crippen LogP contribution in [-0.2, 0) is 20.1 Å². The number of hydrogen-bond acceptors (Lipinski definition) is 3. The molecule has 0 aliphatic heterocycles. The van der Waals surface area contributed by atoms with E-state index in [-0.39, 0.29) is 11.2 Å². The molecule has 0 bridgehead atoms. The van der Waals surface area contributed by atoms with Crippen molar-refractivity contribution in [3.05, 3.63) is 26.7 Å². The van der Waals surface area contributed by atoms with E-state index in [2.05, 4.69) is 0 Å². The summed E-state index contributed by atoms with van der Waals surface area (Å²) in [6, 6.07) is 0. The molecular formula is C17H26N4O2. The summed E-state index contributed by atoms with van der Waals surface area (Å²) in [6.45, 7) is 5.07. The van der Waals surface area contributed by atoms with Crippen molar-refractivity contribution >= 4 is 11.2 Å². The molecule has 0 radical (unpaired) electrons. The predicted molar refractivity (Wildman–Crippen MR) is 91.0 cm³/mol. The van der Waals surface area contributed by atoms with Gasteiger partial charge in [0.05, 0.1) is 0 Å². The van der Waals surface area contributed by atoms with Crippen molar-refractivity contribution in [2.75, 3.05) is 0 Å². The number of rotatable bonds is 5. The maximum atomic E-state index is 12.8. The Kier molecular flexibility index (Phi) is 4.41. The standard InChI is InChI=1S/C17H26N4O2/c1-4-10-20-15-13(16(22)21(11-5-2)17(20)23)19(3)14(18-15)12-8-6-7-9-12/h12H,4-11H2,1-3H3. The summed E-state index contributed by atoms with van der Waals surface area (Å²) in [4.78, 5) is 30.3. The van der Waals surface area contributed by atoms with Gasteiger partial charge in [0.25, 0.3) is 5.56 Å². The third-order valence-corrected chi connectivity index (χ3v) is 4.89. The lowest BCUT2D eigenvalue weighted by atomic mass is 10.1. The van der Waals surface area contributed by atoms with Crippen molar-refractivity contribution in [1.29, 1.82) is 0 Å². The Morgan fingerprint density at radius 1 is 1.04 bits per heavy atom. The van der Waals surface area contributed by atoms with Gasteiger partial charge in [-0.2, -0.15) is 0 Å². The van der Waals surface area contributed by atoms with Crippen LogP contribution in [0, 0.1) is 0 Å². The Balaban J connectivity index is 2.32. The SMILES string of the molecule is CCCn1c(=O)c2c(nc(C3CCCC3)n2C)n(CCC)c1=O. The number of fused-ring (bicyclic) bond motifs is 1. The zero-order valence-corrected chi connectivity index (χ0v) is 14.3. The van der Waals surface area contributed by atoms with Gasteiger partial charge < -0.3 is 4.57 Å². The molecule has 0 amide bonds. The molecule has 23 heavy (non-hydrogen) atoms. The molecule has 0 N–H and O–H groups in total. The molecule has 0 saturated heterocycles. The molecule has 3 rings (SSSR count). The highest BCUT2D eigenvalue weighted by Gasteiger charge is 2.26. The maximum Gasteiger partial charge on any atom is 0.332 e. The molecule has 126 valence electrons. The molecule has 1 aliphatic rings. The lowest BCUT2D eigenvalue weighted by molar-refractivity contribution is 0.554. The van der Waals surface area contributed by atoms with Crippen molar-refractivity contribution < 1.29 is 0 Å². The summed E-state index contributed by atoms with van der Waals surface area (Å²) in [6.07, 6.45) is 6.29. The van der Waals surface area contributed by atoms with Gasteiger partial charge >= 0.3 is 5.69 Å². The van der Waals surface area contributed by atoms with Crippen molar-refractivity contribution in [1.82, 2.24) is 18.7 Å². The summed E-state index contributed by atoms with van der Waals surface area (Å²) in [7, 11) is 1.92. The lowest BCUT2D eigenvalue weighted by Crippen LogP contribution is -2.40. The van der Waals surface area contributed by atoms with E-state index in [9.17, 15) is 9.59 Å². The highest BCUT2D eigenvalue weighted by Crippen LogP contribution is 2.34. The molecule has 6 nitrogen and oxygen atoms in total. The van der Waals surface area contributed by atoms with Crippen molar-refractivity contribution in [2.24, 2.45) is 7.05 Å². The van der Waals surface area contributed by atoms with E-state index in [1.165, 1.54) is 17.4 Å². The van der Waals surface area contributed by atoms with E-state index in [1.54, 1.807) is 4.57 Å². The van der Waals surface area contributed by atoms with E-state index < -0.39 is 0 Å². The number of hydrogen-bond donors (Lipinski definition) is 0. The highest BCUT2D eigenvalue weighted by molar-refractivity contribution is 5.71. The lowest BCUT2D eigenvalue weighted by Gasteiger charge is -2.10. The van der Waals surface area contributed by atoms with E-state index >= 15 is 0 Å². The molecular weight excluding hydrogens is 292 g/mol. The quantitative estimate of drug-likeness (QED) is 0.850. The fourth-order valence-electron chi connectivity index (χ4n) is 3.77. The van der Waals surface area contributed by atoms with Crippen molar-refractivity contribution in [3.63, 3.8) is 0 Å². The topological polar surface area (TPSA) is 61.8 Å². The summed E-state index contributed by atoms with van der Waals surface area (Å²) >= 11 is 0. The Bertz CT molecular complexity index is 822. The van der Waals surface area contributed by atoms with Crippen LogP contribution in [0.5, 0.6) is 0 Å². The second-order valence-corrected chi connectivity index (χ2v) is 6.57. The Labute approximate surface area is 135 Å². The summed E-state index contributed by atoms with van der Waals surface area (Å²) in [5.41, 5.74) is 0.729. The Hall–Kier alpha value is -1.85.